The van der Waals surface area contributed by atoms with Gasteiger partial charge in [0.2, 0.25) is 0 Å². The molecule has 2 nitrogen and oxygen atoms in total. The van der Waals surface area contributed by atoms with Crippen LogP contribution in [0.25, 0.3) is 92.1 Å². The molecule has 0 spiro atoms. The molecule has 0 aliphatic heterocycles. The lowest BCUT2D eigenvalue weighted by atomic mass is 9.85. The lowest BCUT2D eigenvalue weighted by molar-refractivity contribution is 0.591. The van der Waals surface area contributed by atoms with E-state index in [1.165, 1.54) is 91.3 Å². The fraction of sp³-hybridized carbons (Fsp3) is 0.118. The standard InChI is InChI=1S/C51H38N2S/c1-51(2,3)33-24-27-47-44(30-33)43-28-31(34-17-10-18-41-40-16-8-9-20-48(40)54-50(34)41)23-26-46(43)53(47)49-21-11-19-45(52-49)32-22-25-39-37-14-5-4-12-35(37)36-13-6-7-15-38(36)42(39)29-32/h4-22,24-25,27-30H,23,26H2,1-3H3. The van der Waals surface area contributed by atoms with Gasteiger partial charge in [-0.05, 0) is 110 Å². The largest absolute Gasteiger partial charge is 0.298 e. The number of nitrogens with zero attached hydrogens (tertiary/aromatic N) is 2. The highest BCUT2D eigenvalue weighted by Gasteiger charge is 2.25. The Morgan fingerprint density at radius 3 is 1.98 bits per heavy atom. The molecule has 0 saturated carbocycles. The second-order valence-corrected chi connectivity index (χ2v) is 16.9. The number of hydrogen-bond acceptors (Lipinski definition) is 2. The number of fused-ring (bicyclic) bond motifs is 12. The minimum Gasteiger partial charge on any atom is -0.298 e. The Hall–Kier alpha value is -6.03. The molecule has 3 aromatic heterocycles. The molecular weight excluding hydrogens is 673 g/mol. The molecular formula is C51H38N2S. The molecule has 7 aromatic carbocycles. The van der Waals surface area contributed by atoms with Crippen molar-refractivity contribution in [2.45, 2.75) is 39.0 Å². The van der Waals surface area contributed by atoms with Crippen molar-refractivity contribution in [3.8, 4) is 17.1 Å². The molecule has 1 aliphatic rings. The third-order valence-electron chi connectivity index (χ3n) is 11.7. The Morgan fingerprint density at radius 1 is 0.556 bits per heavy atom. The summed E-state index contributed by atoms with van der Waals surface area (Å²) in [4.78, 5) is 5.45. The molecule has 0 fully saturated rings. The van der Waals surface area contributed by atoms with E-state index in [9.17, 15) is 0 Å². The average Bonchev–Trinajstić information content (AvgIpc) is 3.76. The summed E-state index contributed by atoms with van der Waals surface area (Å²) in [5.74, 6) is 0.967. The first kappa shape index (κ1) is 31.5. The smallest absolute Gasteiger partial charge is 0.138 e. The zero-order chi connectivity index (χ0) is 36.1. The van der Waals surface area contributed by atoms with Crippen molar-refractivity contribution in [3.05, 3.63) is 168 Å². The molecule has 54 heavy (non-hydrogen) atoms. The van der Waals surface area contributed by atoms with E-state index >= 15 is 0 Å². The zero-order valence-corrected chi connectivity index (χ0v) is 31.5. The predicted molar refractivity (Wildman–Crippen MR) is 233 cm³/mol. The highest BCUT2D eigenvalue weighted by molar-refractivity contribution is 7.26. The topological polar surface area (TPSA) is 17.8 Å². The first-order chi connectivity index (χ1) is 26.4. The normalized spacial score (nSPS) is 13.4. The first-order valence-corrected chi connectivity index (χ1v) is 19.8. The maximum absolute atomic E-state index is 5.45. The highest BCUT2D eigenvalue weighted by atomic mass is 32.1. The molecule has 0 amide bonds. The lowest BCUT2D eigenvalue weighted by Gasteiger charge is -2.19. The van der Waals surface area contributed by atoms with Crippen molar-refractivity contribution < 1.29 is 0 Å². The van der Waals surface area contributed by atoms with Crippen LogP contribution in [0.3, 0.4) is 0 Å². The van der Waals surface area contributed by atoms with Gasteiger partial charge in [0.15, 0.2) is 0 Å². The monoisotopic (exact) mass is 710 g/mol. The van der Waals surface area contributed by atoms with Gasteiger partial charge in [-0.1, -0.05) is 130 Å². The summed E-state index contributed by atoms with van der Waals surface area (Å²) in [7, 11) is 0. The Balaban J connectivity index is 1.10. The van der Waals surface area contributed by atoms with Crippen LogP contribution < -0.4 is 0 Å². The molecule has 258 valence electrons. The van der Waals surface area contributed by atoms with Crippen molar-refractivity contribution >= 4 is 86.4 Å². The fourth-order valence-electron chi connectivity index (χ4n) is 8.99. The van der Waals surface area contributed by atoms with Gasteiger partial charge in [-0.25, -0.2) is 4.98 Å². The minimum absolute atomic E-state index is 0.0385. The molecule has 1 aliphatic carbocycles. The molecule has 3 heteroatoms. The molecule has 11 rings (SSSR count). The Labute approximate surface area is 318 Å². The SMILES string of the molecule is CC(C)(C)c1ccc2c(c1)c1c(n2-c2cccc(-c3ccc4c5ccccc5c5ccccc5c4c3)n2)CCC(c2cccc3c2sc2ccccc23)=C1. The number of rotatable bonds is 3. The van der Waals surface area contributed by atoms with E-state index < -0.39 is 0 Å². The average molecular weight is 711 g/mol. The van der Waals surface area contributed by atoms with Crippen LogP contribution in [0.4, 0.5) is 0 Å². The molecule has 0 bridgehead atoms. The van der Waals surface area contributed by atoms with E-state index in [1.54, 1.807) is 0 Å². The summed E-state index contributed by atoms with van der Waals surface area (Å²) >= 11 is 1.92. The van der Waals surface area contributed by atoms with E-state index in [2.05, 4.69) is 177 Å². The summed E-state index contributed by atoms with van der Waals surface area (Å²) in [6, 6.07) is 53.7. The Bertz CT molecular complexity index is 3170. The Kier molecular flexibility index (Phi) is 6.84. The van der Waals surface area contributed by atoms with Crippen LogP contribution in [0.2, 0.25) is 0 Å². The molecule has 0 N–H and O–H groups in total. The zero-order valence-electron chi connectivity index (χ0n) is 30.7. The number of thiophene rings is 1. The summed E-state index contributed by atoms with van der Waals surface area (Å²) in [5.41, 5.74) is 10.2. The number of hydrogen-bond donors (Lipinski definition) is 0. The van der Waals surface area contributed by atoms with E-state index in [0.717, 1.165) is 29.9 Å². The van der Waals surface area contributed by atoms with Gasteiger partial charge >= 0.3 is 0 Å². The van der Waals surface area contributed by atoms with E-state index in [-0.39, 0.29) is 5.41 Å². The second kappa shape index (κ2) is 11.7. The highest BCUT2D eigenvalue weighted by Crippen LogP contribution is 2.44. The summed E-state index contributed by atoms with van der Waals surface area (Å²) in [6.07, 6.45) is 4.42. The van der Waals surface area contributed by atoms with E-state index in [0.29, 0.717) is 0 Å². The maximum Gasteiger partial charge on any atom is 0.138 e. The minimum atomic E-state index is 0.0385. The summed E-state index contributed by atoms with van der Waals surface area (Å²) in [6.45, 7) is 6.92. The van der Waals surface area contributed by atoms with Crippen LogP contribution in [0.5, 0.6) is 0 Å². The van der Waals surface area contributed by atoms with Crippen molar-refractivity contribution in [2.24, 2.45) is 0 Å². The van der Waals surface area contributed by atoms with Crippen LogP contribution in [0, 0.1) is 0 Å². The molecule has 0 unspecified atom stereocenters. The molecule has 3 heterocycles. The Morgan fingerprint density at radius 2 is 1.22 bits per heavy atom. The van der Waals surface area contributed by atoms with Crippen molar-refractivity contribution in [3.63, 3.8) is 0 Å². The van der Waals surface area contributed by atoms with Crippen molar-refractivity contribution in [1.82, 2.24) is 9.55 Å². The maximum atomic E-state index is 5.45. The first-order valence-electron chi connectivity index (χ1n) is 19.0. The number of allylic oxidation sites excluding steroid dienone is 1. The predicted octanol–water partition coefficient (Wildman–Crippen LogP) is 14.3. The van der Waals surface area contributed by atoms with Gasteiger partial charge in [-0.2, -0.15) is 0 Å². The molecule has 10 aromatic rings. The molecule has 0 radical (unpaired) electrons. The quantitative estimate of drug-likeness (QED) is 0.167. The van der Waals surface area contributed by atoms with Crippen LogP contribution in [0.1, 0.15) is 49.6 Å². The summed E-state index contributed by atoms with van der Waals surface area (Å²) in [5, 5.41) is 11.7. The van der Waals surface area contributed by atoms with Crippen molar-refractivity contribution in [1.29, 1.82) is 0 Å². The van der Waals surface area contributed by atoms with Crippen LogP contribution in [-0.2, 0) is 11.8 Å². The van der Waals surface area contributed by atoms with Crippen LogP contribution in [-0.4, -0.2) is 9.55 Å². The fourth-order valence-corrected chi connectivity index (χ4v) is 10.2. The van der Waals surface area contributed by atoms with E-state index in [1.807, 2.05) is 11.3 Å². The number of pyridine rings is 1. The van der Waals surface area contributed by atoms with Crippen LogP contribution in [0.15, 0.2) is 146 Å². The third-order valence-corrected chi connectivity index (χ3v) is 12.9. The molecule has 0 atom stereocenters. The van der Waals surface area contributed by atoms with Gasteiger partial charge in [-0.3, -0.25) is 4.57 Å². The van der Waals surface area contributed by atoms with Crippen LogP contribution >= 0.6 is 11.3 Å². The number of benzene rings is 7. The van der Waals surface area contributed by atoms with Gasteiger partial charge in [-0.15, -0.1) is 11.3 Å². The summed E-state index contributed by atoms with van der Waals surface area (Å²) < 4.78 is 5.18. The second-order valence-electron chi connectivity index (χ2n) is 15.9. The number of aromatic nitrogens is 2. The van der Waals surface area contributed by atoms with Gasteiger partial charge in [0, 0.05) is 42.4 Å². The van der Waals surface area contributed by atoms with E-state index in [4.69, 9.17) is 4.98 Å². The third kappa shape index (κ3) is 4.75. The van der Waals surface area contributed by atoms with Gasteiger partial charge in [0.05, 0.1) is 11.2 Å². The molecule has 0 saturated heterocycles. The van der Waals surface area contributed by atoms with Gasteiger partial charge < -0.3 is 0 Å². The lowest BCUT2D eigenvalue weighted by Crippen LogP contribution is -2.10. The van der Waals surface area contributed by atoms with Gasteiger partial charge in [0.25, 0.3) is 0 Å². The van der Waals surface area contributed by atoms with Gasteiger partial charge in [0.1, 0.15) is 5.82 Å². The van der Waals surface area contributed by atoms with Crippen molar-refractivity contribution in [2.75, 3.05) is 0 Å².